The second-order valence-corrected chi connectivity index (χ2v) is 6.15. The average Bonchev–Trinajstić information content (AvgIpc) is 3.29. The second-order valence-electron chi connectivity index (χ2n) is 6.15. The van der Waals surface area contributed by atoms with E-state index in [2.05, 4.69) is 19.9 Å². The minimum absolute atomic E-state index is 0.106. The van der Waals surface area contributed by atoms with E-state index >= 15 is 0 Å². The number of para-hydroxylation sites is 4. The van der Waals surface area contributed by atoms with E-state index in [1.165, 1.54) is 0 Å². The summed E-state index contributed by atoms with van der Waals surface area (Å²) in [5.41, 5.74) is 2.64. The van der Waals surface area contributed by atoms with Crippen LogP contribution in [-0.4, -0.2) is 52.6 Å². The third-order valence-electron chi connectivity index (χ3n) is 4.37. The fourth-order valence-electron chi connectivity index (χ4n) is 2.92. The van der Waals surface area contributed by atoms with Crippen molar-refractivity contribution in [1.82, 2.24) is 19.9 Å². The molecule has 134 valence electrons. The molecule has 6 N–H and O–H groups in total. The normalized spacial score (nSPS) is 16.6. The van der Waals surface area contributed by atoms with Gasteiger partial charge >= 0.3 is 0 Å². The number of fused-ring (bicyclic) bond motifs is 2. The molecule has 0 saturated heterocycles. The molecule has 4 rings (SSSR count). The summed E-state index contributed by atoms with van der Waals surface area (Å²) in [6.07, 6.45) is -6.34. The lowest BCUT2D eigenvalue weighted by Gasteiger charge is -2.24. The van der Waals surface area contributed by atoms with E-state index in [1.54, 1.807) is 36.4 Å². The lowest BCUT2D eigenvalue weighted by atomic mass is 10.0. The largest absolute Gasteiger partial charge is 0.387 e. The number of H-pyrrole nitrogens is 2. The van der Waals surface area contributed by atoms with E-state index in [0.29, 0.717) is 22.1 Å². The van der Waals surface area contributed by atoms with Crippen LogP contribution in [0.2, 0.25) is 0 Å². The zero-order chi connectivity index (χ0) is 18.3. The lowest BCUT2D eigenvalue weighted by molar-refractivity contribution is -0.111. The predicted molar refractivity (Wildman–Crippen MR) is 94.1 cm³/mol. The number of nitrogens with one attached hydrogen (secondary N) is 2. The van der Waals surface area contributed by atoms with E-state index in [1.807, 2.05) is 12.1 Å². The van der Waals surface area contributed by atoms with Gasteiger partial charge in [0.05, 0.1) is 22.1 Å². The van der Waals surface area contributed by atoms with Gasteiger partial charge in [-0.1, -0.05) is 24.3 Å². The minimum atomic E-state index is -1.67. The minimum Gasteiger partial charge on any atom is -0.387 e. The molecule has 0 fully saturated rings. The zero-order valence-electron chi connectivity index (χ0n) is 13.6. The van der Waals surface area contributed by atoms with Crippen molar-refractivity contribution >= 4 is 22.1 Å². The van der Waals surface area contributed by atoms with Gasteiger partial charge < -0.3 is 30.4 Å². The summed E-state index contributed by atoms with van der Waals surface area (Å²) in [5.74, 6) is 0.212. The first-order valence-corrected chi connectivity index (χ1v) is 8.16. The predicted octanol–water partition coefficient (Wildman–Crippen LogP) is 0.928. The van der Waals surface area contributed by atoms with Gasteiger partial charge in [-0.25, -0.2) is 9.97 Å². The number of nitrogens with zero attached hydrogens (tertiary/aromatic N) is 2. The fourth-order valence-corrected chi connectivity index (χ4v) is 2.92. The van der Waals surface area contributed by atoms with Crippen LogP contribution in [0.25, 0.3) is 22.1 Å². The molecule has 2 aromatic carbocycles. The van der Waals surface area contributed by atoms with Gasteiger partial charge in [0.1, 0.15) is 36.1 Å². The van der Waals surface area contributed by atoms with Gasteiger partial charge in [-0.05, 0) is 24.3 Å². The number of hydrogen-bond acceptors (Lipinski definition) is 6. The molecule has 0 saturated carbocycles. The van der Waals surface area contributed by atoms with Crippen molar-refractivity contribution in [2.24, 2.45) is 0 Å². The molecule has 0 amide bonds. The van der Waals surface area contributed by atoms with E-state index in [4.69, 9.17) is 0 Å². The number of aliphatic hydroxyl groups excluding tert-OH is 4. The first-order chi connectivity index (χ1) is 12.5. The first kappa shape index (κ1) is 16.7. The molecule has 0 aliphatic carbocycles. The van der Waals surface area contributed by atoms with Gasteiger partial charge in [0.2, 0.25) is 0 Å². The Balaban J connectivity index is 1.56. The van der Waals surface area contributed by atoms with Gasteiger partial charge in [0, 0.05) is 0 Å². The third kappa shape index (κ3) is 2.85. The Kier molecular flexibility index (Phi) is 4.17. The third-order valence-corrected chi connectivity index (χ3v) is 4.37. The van der Waals surface area contributed by atoms with Crippen molar-refractivity contribution in [2.45, 2.75) is 24.4 Å². The van der Waals surface area contributed by atoms with Crippen LogP contribution in [0.5, 0.6) is 0 Å². The van der Waals surface area contributed by atoms with Crippen LogP contribution < -0.4 is 0 Å². The zero-order valence-corrected chi connectivity index (χ0v) is 13.6. The maximum absolute atomic E-state index is 10.4. The van der Waals surface area contributed by atoms with E-state index in [0.717, 1.165) is 0 Å². The molecular weight excluding hydrogens is 336 g/mol. The monoisotopic (exact) mass is 354 g/mol. The van der Waals surface area contributed by atoms with E-state index in [9.17, 15) is 20.4 Å². The summed E-state index contributed by atoms with van der Waals surface area (Å²) in [7, 11) is 0. The summed E-state index contributed by atoms with van der Waals surface area (Å²) in [6, 6.07) is 14.3. The average molecular weight is 354 g/mol. The van der Waals surface area contributed by atoms with Crippen molar-refractivity contribution in [2.75, 3.05) is 0 Å². The van der Waals surface area contributed by atoms with Gasteiger partial charge in [-0.3, -0.25) is 0 Å². The highest BCUT2D eigenvalue weighted by Crippen LogP contribution is 2.26. The molecule has 0 aliphatic rings. The molecule has 8 heteroatoms. The Morgan fingerprint density at radius 1 is 0.615 bits per heavy atom. The van der Waals surface area contributed by atoms with Gasteiger partial charge in [0.25, 0.3) is 0 Å². The van der Waals surface area contributed by atoms with Crippen LogP contribution in [0.1, 0.15) is 23.9 Å². The molecule has 4 aromatic rings. The fraction of sp³-hybridized carbons (Fsp3) is 0.222. The Labute approximate surface area is 147 Å². The van der Waals surface area contributed by atoms with E-state index in [-0.39, 0.29) is 11.6 Å². The van der Waals surface area contributed by atoms with Crippen LogP contribution in [-0.2, 0) is 0 Å². The molecule has 0 radical (unpaired) electrons. The Morgan fingerprint density at radius 3 is 1.38 bits per heavy atom. The van der Waals surface area contributed by atoms with Crippen molar-refractivity contribution < 1.29 is 20.4 Å². The topological polar surface area (TPSA) is 138 Å². The molecular formula is C18H18N4O4. The number of rotatable bonds is 5. The molecule has 0 bridgehead atoms. The van der Waals surface area contributed by atoms with Crippen LogP contribution >= 0.6 is 0 Å². The SMILES string of the molecule is O[C@H]([C@H](O)[C@@H](O)c1nc2ccccc2[nH]1)[C@@H](O)c1nc2ccccc2[nH]1. The molecule has 2 heterocycles. The van der Waals surface area contributed by atoms with Gasteiger partial charge in [0.15, 0.2) is 0 Å². The van der Waals surface area contributed by atoms with Crippen molar-refractivity contribution in [3.05, 3.63) is 60.2 Å². The highest BCUT2D eigenvalue weighted by atomic mass is 16.4. The summed E-state index contributed by atoms with van der Waals surface area (Å²) < 4.78 is 0. The van der Waals surface area contributed by atoms with Crippen LogP contribution in [0.4, 0.5) is 0 Å². The molecule has 2 aromatic heterocycles. The molecule has 0 unspecified atom stereocenters. The van der Waals surface area contributed by atoms with Crippen LogP contribution in [0.15, 0.2) is 48.5 Å². The lowest BCUT2D eigenvalue weighted by Crippen LogP contribution is -2.37. The van der Waals surface area contributed by atoms with Crippen molar-refractivity contribution in [3.8, 4) is 0 Å². The summed E-state index contributed by atoms with van der Waals surface area (Å²) in [5, 5.41) is 41.3. The highest BCUT2D eigenvalue weighted by Gasteiger charge is 2.35. The number of benzene rings is 2. The highest BCUT2D eigenvalue weighted by molar-refractivity contribution is 5.75. The van der Waals surface area contributed by atoms with Crippen molar-refractivity contribution in [3.63, 3.8) is 0 Å². The first-order valence-electron chi connectivity index (χ1n) is 8.16. The second kappa shape index (κ2) is 6.50. The van der Waals surface area contributed by atoms with Crippen molar-refractivity contribution in [1.29, 1.82) is 0 Å². The maximum atomic E-state index is 10.4. The number of aromatic nitrogens is 4. The smallest absolute Gasteiger partial charge is 0.140 e. The number of hydrogen-bond donors (Lipinski definition) is 6. The summed E-state index contributed by atoms with van der Waals surface area (Å²) >= 11 is 0. The maximum Gasteiger partial charge on any atom is 0.140 e. The van der Waals surface area contributed by atoms with E-state index < -0.39 is 24.4 Å². The van der Waals surface area contributed by atoms with Crippen LogP contribution in [0, 0.1) is 0 Å². The Bertz CT molecular complexity index is 894. The Morgan fingerprint density at radius 2 is 1.00 bits per heavy atom. The summed E-state index contributed by atoms with van der Waals surface area (Å²) in [6.45, 7) is 0. The number of imidazole rings is 2. The van der Waals surface area contributed by atoms with Gasteiger partial charge in [-0.15, -0.1) is 0 Å². The molecule has 4 atom stereocenters. The summed E-state index contributed by atoms with van der Waals surface area (Å²) in [4.78, 5) is 14.2. The Hall–Kier alpha value is -2.78. The number of aromatic amines is 2. The molecule has 0 spiro atoms. The number of aliphatic hydroxyl groups is 4. The quantitative estimate of drug-likeness (QED) is 0.315. The molecule has 0 aliphatic heterocycles. The van der Waals surface area contributed by atoms with Gasteiger partial charge in [-0.2, -0.15) is 0 Å². The molecule has 8 nitrogen and oxygen atoms in total. The standard InChI is InChI=1S/C18H18N4O4/c23-13(15(25)17-19-9-5-1-2-6-10(9)20-17)14(24)16(26)18-21-11-7-3-4-8-12(11)22-18/h1-8,13-16,23-26H,(H,19,20)(H,21,22)/t13-,14+,15-,16-/m1/s1. The molecule has 26 heavy (non-hydrogen) atoms. The van der Waals surface area contributed by atoms with Crippen LogP contribution in [0.3, 0.4) is 0 Å².